The first-order valence-corrected chi connectivity index (χ1v) is 11.9. The molecule has 1 spiro atoms. The fourth-order valence-electron chi connectivity index (χ4n) is 5.64. The van der Waals surface area contributed by atoms with Gasteiger partial charge in [-0.25, -0.2) is 4.98 Å². The minimum atomic E-state index is -0.141. The average Bonchev–Trinajstić information content (AvgIpc) is 3.21. The van der Waals surface area contributed by atoms with Crippen LogP contribution in [0.5, 0.6) is 0 Å². The van der Waals surface area contributed by atoms with Crippen LogP contribution in [-0.2, 0) is 12.0 Å². The summed E-state index contributed by atoms with van der Waals surface area (Å²) in [6, 6.07) is 4.20. The van der Waals surface area contributed by atoms with E-state index in [-0.39, 0.29) is 11.3 Å². The Labute approximate surface area is 190 Å². The average molecular weight is 435 g/mol. The molecular weight excluding hydrogens is 400 g/mol. The van der Waals surface area contributed by atoms with Gasteiger partial charge in [-0.3, -0.25) is 14.8 Å². The first kappa shape index (κ1) is 21.2. The Kier molecular flexibility index (Phi) is 5.30. The highest BCUT2D eigenvalue weighted by molar-refractivity contribution is 5.95. The number of likely N-dealkylation sites (tertiary alicyclic amines) is 1. The molecule has 3 aliphatic rings. The second-order valence-corrected chi connectivity index (χ2v) is 10.6. The van der Waals surface area contributed by atoms with Crippen molar-refractivity contribution in [2.75, 3.05) is 37.6 Å². The summed E-state index contributed by atoms with van der Waals surface area (Å²) in [5, 5.41) is 0. The molecule has 0 saturated carbocycles. The summed E-state index contributed by atoms with van der Waals surface area (Å²) in [7, 11) is 0. The molecule has 0 unspecified atom stereocenters. The van der Waals surface area contributed by atoms with Crippen molar-refractivity contribution in [3.63, 3.8) is 0 Å². The van der Waals surface area contributed by atoms with Crippen LogP contribution in [0.15, 0.2) is 29.5 Å². The number of imidazole rings is 1. The third kappa shape index (κ3) is 3.82. The highest BCUT2D eigenvalue weighted by Crippen LogP contribution is 2.42. The fourth-order valence-corrected chi connectivity index (χ4v) is 5.64. The summed E-state index contributed by atoms with van der Waals surface area (Å²) in [6.07, 6.45) is 10.1. The molecule has 170 valence electrons. The van der Waals surface area contributed by atoms with E-state index in [0.717, 1.165) is 63.6 Å². The lowest BCUT2D eigenvalue weighted by atomic mass is 9.71. The van der Waals surface area contributed by atoms with Gasteiger partial charge in [0.1, 0.15) is 0 Å². The van der Waals surface area contributed by atoms with Crippen LogP contribution >= 0.6 is 0 Å². The zero-order valence-electron chi connectivity index (χ0n) is 19.5. The molecule has 7 nitrogen and oxygen atoms in total. The Bertz CT molecular complexity index is 1000. The monoisotopic (exact) mass is 434 g/mol. The molecule has 5 rings (SSSR count). The lowest BCUT2D eigenvalue weighted by Crippen LogP contribution is -2.48. The van der Waals surface area contributed by atoms with E-state index in [0.29, 0.717) is 11.1 Å². The summed E-state index contributed by atoms with van der Waals surface area (Å²) < 4.78 is 2.19. The van der Waals surface area contributed by atoms with Crippen molar-refractivity contribution in [1.29, 1.82) is 0 Å². The largest absolute Gasteiger partial charge is 0.371 e. The summed E-state index contributed by atoms with van der Waals surface area (Å²) in [4.78, 5) is 31.4. The lowest BCUT2D eigenvalue weighted by Gasteiger charge is -2.47. The number of rotatable bonds is 2. The predicted molar refractivity (Wildman–Crippen MR) is 127 cm³/mol. The Morgan fingerprint density at radius 1 is 0.969 bits per heavy atom. The van der Waals surface area contributed by atoms with E-state index in [1.54, 1.807) is 0 Å². The number of pyridine rings is 1. The van der Waals surface area contributed by atoms with Crippen molar-refractivity contribution < 1.29 is 4.79 Å². The van der Waals surface area contributed by atoms with E-state index in [1.807, 2.05) is 23.5 Å². The van der Waals surface area contributed by atoms with Gasteiger partial charge in [0.2, 0.25) is 0 Å². The number of fused-ring (bicyclic) bond motifs is 1. The molecular formula is C25H34N6O. The van der Waals surface area contributed by atoms with Gasteiger partial charge in [-0.1, -0.05) is 20.8 Å². The molecule has 1 amide bonds. The number of amides is 1. The minimum Gasteiger partial charge on any atom is -0.371 e. The summed E-state index contributed by atoms with van der Waals surface area (Å²) in [5.74, 6) is 0.913. The van der Waals surface area contributed by atoms with Crippen molar-refractivity contribution in [2.24, 2.45) is 10.4 Å². The highest BCUT2D eigenvalue weighted by Gasteiger charge is 2.40. The fraction of sp³-hybridized carbons (Fsp3) is 0.600. The molecule has 2 fully saturated rings. The first-order chi connectivity index (χ1) is 15.4. The van der Waals surface area contributed by atoms with Crippen LogP contribution in [0.1, 0.15) is 68.5 Å². The van der Waals surface area contributed by atoms with E-state index in [2.05, 4.69) is 52.3 Å². The molecule has 2 aromatic heterocycles. The van der Waals surface area contributed by atoms with E-state index in [4.69, 9.17) is 4.98 Å². The third-order valence-corrected chi connectivity index (χ3v) is 7.53. The maximum Gasteiger partial charge on any atom is 0.274 e. The van der Waals surface area contributed by atoms with E-state index in [1.165, 1.54) is 18.5 Å². The number of hydrogen-bond acceptors (Lipinski definition) is 5. The lowest BCUT2D eigenvalue weighted by molar-refractivity contribution is 0.0508. The molecule has 32 heavy (non-hydrogen) atoms. The summed E-state index contributed by atoms with van der Waals surface area (Å²) in [6.45, 7) is 11.9. The van der Waals surface area contributed by atoms with Crippen LogP contribution in [0.2, 0.25) is 0 Å². The number of piperidine rings is 2. The van der Waals surface area contributed by atoms with Gasteiger partial charge in [0.15, 0.2) is 11.5 Å². The van der Waals surface area contributed by atoms with E-state index >= 15 is 0 Å². The normalized spacial score (nSPS) is 20.5. The molecule has 7 heteroatoms. The minimum absolute atomic E-state index is 0.0919. The van der Waals surface area contributed by atoms with E-state index < -0.39 is 0 Å². The van der Waals surface area contributed by atoms with Gasteiger partial charge in [-0.15, -0.1) is 0 Å². The maximum absolute atomic E-state index is 13.6. The number of aromatic nitrogens is 3. The Morgan fingerprint density at radius 2 is 1.62 bits per heavy atom. The molecule has 0 bridgehead atoms. The standard InChI is InChI=1S/C25H34N6O/c1-24(2,3)22-21(28-20-18-27-12-17-31(20)22)23(32)30-15-8-25(9-16-30)6-13-29(14-7-25)19-4-10-26-11-5-19/h4-5,10-11,18H,6-9,12-17H2,1-3H3. The quantitative estimate of drug-likeness (QED) is 0.725. The molecule has 0 N–H and O–H groups in total. The van der Waals surface area contributed by atoms with Crippen LogP contribution in [0.3, 0.4) is 0 Å². The number of nitrogens with zero attached hydrogens (tertiary/aromatic N) is 6. The van der Waals surface area contributed by atoms with Gasteiger partial charge < -0.3 is 14.4 Å². The SMILES string of the molecule is CC(C)(C)c1c(C(=O)N2CCC3(CC2)CCN(c2ccncc2)CC3)nc2n1CCN=C2. The van der Waals surface area contributed by atoms with Gasteiger partial charge in [0, 0.05) is 56.2 Å². The zero-order chi connectivity index (χ0) is 22.3. The maximum atomic E-state index is 13.6. The van der Waals surface area contributed by atoms with Crippen molar-refractivity contribution in [1.82, 2.24) is 19.4 Å². The summed E-state index contributed by atoms with van der Waals surface area (Å²) >= 11 is 0. The number of anilines is 1. The Morgan fingerprint density at radius 3 is 2.28 bits per heavy atom. The number of carbonyl (C=O) groups is 1. The van der Waals surface area contributed by atoms with Crippen LogP contribution < -0.4 is 4.90 Å². The number of aliphatic imine (C=N–C) groups is 1. The predicted octanol–water partition coefficient (Wildman–Crippen LogP) is 3.53. The first-order valence-electron chi connectivity index (χ1n) is 11.9. The van der Waals surface area contributed by atoms with Crippen LogP contribution in [0.4, 0.5) is 5.69 Å². The molecule has 5 heterocycles. The molecule has 0 atom stereocenters. The Hall–Kier alpha value is -2.70. The van der Waals surface area contributed by atoms with Crippen LogP contribution in [-0.4, -0.2) is 64.3 Å². The zero-order valence-corrected chi connectivity index (χ0v) is 19.5. The van der Waals surface area contributed by atoms with Crippen molar-refractivity contribution in [3.05, 3.63) is 41.7 Å². The van der Waals surface area contributed by atoms with Crippen LogP contribution in [0, 0.1) is 5.41 Å². The van der Waals surface area contributed by atoms with Crippen molar-refractivity contribution in [3.8, 4) is 0 Å². The highest BCUT2D eigenvalue weighted by atomic mass is 16.2. The number of carbonyl (C=O) groups excluding carboxylic acids is 1. The molecule has 2 saturated heterocycles. The smallest absolute Gasteiger partial charge is 0.274 e. The van der Waals surface area contributed by atoms with Crippen molar-refractivity contribution in [2.45, 2.75) is 58.4 Å². The second kappa shape index (κ2) is 8.01. The van der Waals surface area contributed by atoms with Gasteiger partial charge in [-0.05, 0) is 43.2 Å². The van der Waals surface area contributed by atoms with Crippen molar-refractivity contribution >= 4 is 17.8 Å². The van der Waals surface area contributed by atoms with Gasteiger partial charge >= 0.3 is 0 Å². The van der Waals surface area contributed by atoms with Gasteiger partial charge in [0.05, 0.1) is 18.5 Å². The molecule has 3 aliphatic heterocycles. The second-order valence-electron chi connectivity index (χ2n) is 10.6. The molecule has 0 aliphatic carbocycles. The molecule has 2 aromatic rings. The third-order valence-electron chi connectivity index (χ3n) is 7.53. The summed E-state index contributed by atoms with van der Waals surface area (Å²) in [5.41, 5.74) is 3.18. The Balaban J connectivity index is 1.27. The van der Waals surface area contributed by atoms with E-state index in [9.17, 15) is 4.79 Å². The van der Waals surface area contributed by atoms with Crippen LogP contribution in [0.25, 0.3) is 0 Å². The molecule has 0 radical (unpaired) electrons. The number of hydrogen-bond donors (Lipinski definition) is 0. The van der Waals surface area contributed by atoms with Gasteiger partial charge in [0.25, 0.3) is 5.91 Å². The van der Waals surface area contributed by atoms with Gasteiger partial charge in [-0.2, -0.15) is 0 Å². The molecule has 0 aromatic carbocycles. The topological polar surface area (TPSA) is 66.6 Å².